The van der Waals surface area contributed by atoms with Gasteiger partial charge in [0.2, 0.25) is 0 Å². The van der Waals surface area contributed by atoms with Crippen molar-refractivity contribution < 1.29 is 34.8 Å². The molecule has 164 valence electrons. The predicted molar refractivity (Wildman–Crippen MR) is 97.9 cm³/mol. The summed E-state index contributed by atoms with van der Waals surface area (Å²) in [6.45, 7) is -0.488. The highest BCUT2D eigenvalue weighted by atomic mass is 19.2. The van der Waals surface area contributed by atoms with Crippen LogP contribution in [0.2, 0.25) is 0 Å². The van der Waals surface area contributed by atoms with Crippen molar-refractivity contribution >= 4 is 0 Å². The fourth-order valence-corrected chi connectivity index (χ4v) is 3.38. The number of nitrogens with zero attached hydrogens (tertiary/aromatic N) is 2. The second kappa shape index (κ2) is 7.67. The van der Waals surface area contributed by atoms with Gasteiger partial charge in [-0.3, -0.25) is 9.78 Å². The van der Waals surface area contributed by atoms with E-state index in [1.165, 1.54) is 6.92 Å². The van der Waals surface area contributed by atoms with Crippen LogP contribution in [-0.4, -0.2) is 71.1 Å². The molecule has 0 radical (unpaired) electrons. The standard InChI is InChI=1S/C18H22FN3O8/c1-11-9-21(15(25)20-14(11)24)18(28)17(27,16(19,26)13(10-23)30-18)22(29)8-7-12-5-3-2-4-6-12/h2-6,9,13,23,26-29H,7-8,10H2,1H3,(H,20,24,25)/t13-,16-,17-,18-/m1/s1. The summed E-state index contributed by atoms with van der Waals surface area (Å²) in [5, 5.41) is 52.2. The van der Waals surface area contributed by atoms with Gasteiger partial charge in [-0.1, -0.05) is 30.3 Å². The molecule has 30 heavy (non-hydrogen) atoms. The summed E-state index contributed by atoms with van der Waals surface area (Å²) in [4.78, 5) is 25.7. The molecule has 1 aliphatic heterocycles. The summed E-state index contributed by atoms with van der Waals surface area (Å²) in [6.07, 6.45) is -1.46. The lowest BCUT2D eigenvalue weighted by Gasteiger charge is -2.43. The molecule has 0 unspecified atom stereocenters. The van der Waals surface area contributed by atoms with Crippen LogP contribution in [0.3, 0.4) is 0 Å². The number of nitrogens with one attached hydrogen (secondary N) is 1. The number of aromatic nitrogens is 2. The zero-order valence-electron chi connectivity index (χ0n) is 15.9. The monoisotopic (exact) mass is 427 g/mol. The maximum absolute atomic E-state index is 15.3. The van der Waals surface area contributed by atoms with Crippen molar-refractivity contribution in [3.63, 3.8) is 0 Å². The van der Waals surface area contributed by atoms with Crippen LogP contribution in [0.15, 0.2) is 46.1 Å². The van der Waals surface area contributed by atoms with E-state index in [9.17, 15) is 35.2 Å². The van der Waals surface area contributed by atoms with Crippen molar-refractivity contribution in [3.05, 3.63) is 68.5 Å². The molecule has 0 spiro atoms. The number of aromatic amines is 1. The minimum absolute atomic E-state index is 0.0369. The number of rotatable bonds is 6. The third-order valence-electron chi connectivity index (χ3n) is 5.12. The first kappa shape index (κ1) is 22.2. The highest BCUT2D eigenvalue weighted by Gasteiger charge is 2.79. The van der Waals surface area contributed by atoms with Gasteiger partial charge in [-0.2, -0.15) is 0 Å². The van der Waals surface area contributed by atoms with Gasteiger partial charge in [-0.25, -0.2) is 13.8 Å². The van der Waals surface area contributed by atoms with E-state index in [1.54, 1.807) is 30.3 Å². The zero-order valence-corrected chi connectivity index (χ0v) is 15.9. The molecule has 0 aliphatic carbocycles. The summed E-state index contributed by atoms with van der Waals surface area (Å²) in [7, 11) is 0. The maximum Gasteiger partial charge on any atom is 0.332 e. The van der Waals surface area contributed by atoms with Gasteiger partial charge in [0.25, 0.3) is 17.1 Å². The predicted octanol–water partition coefficient (Wildman–Crippen LogP) is -1.88. The topological polar surface area (TPSA) is 168 Å². The SMILES string of the molecule is Cc1cn([C@]2(O)O[C@H](CO)[C@](O)(F)[C@]2(O)N(O)CCc2ccccc2)c(=O)[nH]c1=O. The summed E-state index contributed by atoms with van der Waals surface area (Å²) in [5.41, 5.74) is -5.27. The van der Waals surface area contributed by atoms with Gasteiger partial charge >= 0.3 is 11.6 Å². The van der Waals surface area contributed by atoms with E-state index in [2.05, 4.69) is 0 Å². The normalized spacial score (nSPS) is 31.4. The third kappa shape index (κ3) is 3.18. The van der Waals surface area contributed by atoms with Crippen molar-refractivity contribution in [3.8, 4) is 0 Å². The van der Waals surface area contributed by atoms with Crippen molar-refractivity contribution in [2.24, 2.45) is 0 Å². The Morgan fingerprint density at radius 2 is 1.87 bits per heavy atom. The van der Waals surface area contributed by atoms with E-state index < -0.39 is 48.0 Å². The van der Waals surface area contributed by atoms with Crippen LogP contribution in [0.25, 0.3) is 0 Å². The summed E-state index contributed by atoms with van der Waals surface area (Å²) >= 11 is 0. The van der Waals surface area contributed by atoms with Crippen LogP contribution in [-0.2, 0) is 17.1 Å². The van der Waals surface area contributed by atoms with Gasteiger partial charge in [-0.05, 0) is 18.9 Å². The van der Waals surface area contributed by atoms with Gasteiger partial charge < -0.3 is 30.4 Å². The van der Waals surface area contributed by atoms with Gasteiger partial charge in [0.05, 0.1) is 6.61 Å². The Bertz CT molecular complexity index is 1030. The Kier molecular flexibility index (Phi) is 5.68. The molecule has 2 aromatic rings. The van der Waals surface area contributed by atoms with Crippen molar-refractivity contribution in [1.82, 2.24) is 14.6 Å². The number of aliphatic hydroxyl groups is 4. The number of halogens is 1. The molecule has 4 atom stereocenters. The van der Waals surface area contributed by atoms with Crippen LogP contribution in [0.5, 0.6) is 0 Å². The molecule has 2 heterocycles. The zero-order chi connectivity index (χ0) is 22.3. The number of hydrogen-bond donors (Lipinski definition) is 6. The number of hydrogen-bond acceptors (Lipinski definition) is 9. The summed E-state index contributed by atoms with van der Waals surface area (Å²) in [6, 6.07) is 8.52. The minimum Gasteiger partial charge on any atom is -0.393 e. The molecule has 1 saturated heterocycles. The Morgan fingerprint density at radius 1 is 1.23 bits per heavy atom. The fourth-order valence-electron chi connectivity index (χ4n) is 3.38. The van der Waals surface area contributed by atoms with Gasteiger partial charge in [0.15, 0.2) is 0 Å². The molecule has 0 bridgehead atoms. The van der Waals surface area contributed by atoms with E-state index in [1.807, 2.05) is 4.98 Å². The average molecular weight is 427 g/mol. The molecule has 0 amide bonds. The van der Waals surface area contributed by atoms with E-state index in [4.69, 9.17) is 4.74 Å². The molecule has 1 aromatic carbocycles. The lowest BCUT2D eigenvalue weighted by atomic mass is 9.97. The van der Waals surface area contributed by atoms with Crippen LogP contribution in [0, 0.1) is 6.92 Å². The number of aliphatic hydroxyl groups excluding tert-OH is 1. The largest absolute Gasteiger partial charge is 0.393 e. The minimum atomic E-state index is -3.94. The highest BCUT2D eigenvalue weighted by Crippen LogP contribution is 2.50. The molecule has 12 heteroatoms. The summed E-state index contributed by atoms with van der Waals surface area (Å²) in [5.74, 6) is -7.37. The fraction of sp³-hybridized carbons (Fsp3) is 0.444. The summed E-state index contributed by atoms with van der Waals surface area (Å²) < 4.78 is 20.4. The first-order chi connectivity index (χ1) is 14.0. The first-order valence-electron chi connectivity index (χ1n) is 8.97. The Hall–Kier alpha value is -2.45. The van der Waals surface area contributed by atoms with E-state index in [-0.39, 0.29) is 21.6 Å². The first-order valence-corrected chi connectivity index (χ1v) is 8.97. The third-order valence-corrected chi connectivity index (χ3v) is 5.12. The molecule has 1 aromatic heterocycles. The second-order valence-corrected chi connectivity index (χ2v) is 7.04. The lowest BCUT2D eigenvalue weighted by Crippen LogP contribution is -2.72. The molecular weight excluding hydrogens is 405 g/mol. The number of H-pyrrole nitrogens is 1. The van der Waals surface area contributed by atoms with E-state index >= 15 is 4.39 Å². The number of alkyl halides is 1. The Morgan fingerprint density at radius 3 is 2.47 bits per heavy atom. The number of aryl methyl sites for hydroxylation is 1. The smallest absolute Gasteiger partial charge is 0.332 e. The van der Waals surface area contributed by atoms with Gasteiger partial charge in [-0.15, -0.1) is 5.06 Å². The van der Waals surface area contributed by atoms with Crippen molar-refractivity contribution in [2.75, 3.05) is 13.2 Å². The molecule has 1 aliphatic rings. The van der Waals surface area contributed by atoms with Crippen LogP contribution in [0.4, 0.5) is 4.39 Å². The van der Waals surface area contributed by atoms with Gasteiger partial charge in [0.1, 0.15) is 6.10 Å². The van der Waals surface area contributed by atoms with E-state index in [0.717, 1.165) is 6.20 Å². The van der Waals surface area contributed by atoms with Crippen molar-refractivity contribution in [1.29, 1.82) is 0 Å². The average Bonchev–Trinajstić information content (AvgIpc) is 2.87. The van der Waals surface area contributed by atoms with Crippen LogP contribution < -0.4 is 11.2 Å². The maximum atomic E-state index is 15.3. The van der Waals surface area contributed by atoms with Crippen LogP contribution in [0.1, 0.15) is 11.1 Å². The lowest BCUT2D eigenvalue weighted by molar-refractivity contribution is -0.433. The molecule has 0 saturated carbocycles. The second-order valence-electron chi connectivity index (χ2n) is 7.04. The quantitative estimate of drug-likeness (QED) is 0.228. The van der Waals surface area contributed by atoms with E-state index in [0.29, 0.717) is 5.56 Å². The number of ether oxygens (including phenoxy) is 1. The number of benzene rings is 1. The molecule has 11 nitrogen and oxygen atoms in total. The van der Waals surface area contributed by atoms with Crippen molar-refractivity contribution in [2.45, 2.75) is 36.9 Å². The molecule has 6 N–H and O–H groups in total. The molecular formula is C18H22FN3O8. The highest BCUT2D eigenvalue weighted by molar-refractivity contribution is 5.16. The number of hydroxylamine groups is 2. The molecule has 1 fully saturated rings. The molecule has 3 rings (SSSR count). The Labute approximate surface area is 168 Å². The van der Waals surface area contributed by atoms with Crippen LogP contribution >= 0.6 is 0 Å². The Balaban J connectivity index is 2.10. The van der Waals surface area contributed by atoms with Gasteiger partial charge in [0, 0.05) is 18.3 Å².